The van der Waals surface area contributed by atoms with Crippen molar-refractivity contribution in [3.8, 4) is 0 Å². The van der Waals surface area contributed by atoms with E-state index in [2.05, 4.69) is 4.98 Å². The van der Waals surface area contributed by atoms with E-state index in [4.69, 9.17) is 22.6 Å². The molecule has 0 fully saturated rings. The summed E-state index contributed by atoms with van der Waals surface area (Å²) < 4.78 is 0.573. The van der Waals surface area contributed by atoms with Crippen molar-refractivity contribution in [2.45, 2.75) is 0 Å². The first-order valence-corrected chi connectivity index (χ1v) is 4.12. The van der Waals surface area contributed by atoms with Gasteiger partial charge in [-0.3, -0.25) is 5.41 Å². The molecule has 0 bridgehead atoms. The summed E-state index contributed by atoms with van der Waals surface area (Å²) in [4.78, 5) is 3.90. The second-order valence-electron chi connectivity index (χ2n) is 3.10. The van der Waals surface area contributed by atoms with Gasteiger partial charge < -0.3 is 22.4 Å². The van der Waals surface area contributed by atoms with Gasteiger partial charge in [0, 0.05) is 0 Å². The molecule has 78 valence electrons. The molecule has 0 amide bonds. The molecule has 0 atom stereocenters. The predicted molar refractivity (Wildman–Crippen MR) is 56.0 cm³/mol. The van der Waals surface area contributed by atoms with Crippen LogP contribution in [0.1, 0.15) is 0 Å². The van der Waals surface area contributed by atoms with Gasteiger partial charge in [0.15, 0.2) is 5.82 Å². The fourth-order valence-corrected chi connectivity index (χ4v) is 1.34. The molecule has 0 spiro atoms. The number of nitrogens with two attached hydrogens (primary N) is 3. The first kappa shape index (κ1) is 9.13. The maximum absolute atomic E-state index is 9.62. The highest BCUT2D eigenvalue weighted by Gasteiger charge is 2.10. The highest BCUT2D eigenvalue weighted by Crippen LogP contribution is 2.23. The summed E-state index contributed by atoms with van der Waals surface area (Å²) in [5, 5.41) is 17.0. The molecule has 0 aliphatic carbocycles. The fourth-order valence-electron chi connectivity index (χ4n) is 1.34. The second-order valence-corrected chi connectivity index (χ2v) is 3.10. The lowest BCUT2D eigenvalue weighted by Crippen LogP contribution is -2.24. The van der Waals surface area contributed by atoms with Crippen molar-refractivity contribution in [1.29, 1.82) is 5.41 Å². The molecule has 0 saturated heterocycles. The molecule has 0 saturated carbocycles. The Morgan fingerprint density at radius 1 is 1.20 bits per heavy atom. The molecule has 0 aliphatic heterocycles. The summed E-state index contributed by atoms with van der Waals surface area (Å²) >= 11 is 0. The van der Waals surface area contributed by atoms with Gasteiger partial charge in [0.2, 0.25) is 5.49 Å². The molecule has 2 aromatic rings. The second kappa shape index (κ2) is 2.77. The van der Waals surface area contributed by atoms with Crippen LogP contribution in [0.3, 0.4) is 0 Å². The largest absolute Gasteiger partial charge is 0.426 e. The Balaban J connectivity index is 3.11. The Bertz CT molecular complexity index is 602. The van der Waals surface area contributed by atoms with Gasteiger partial charge in [0.05, 0.1) is 11.4 Å². The van der Waals surface area contributed by atoms with Gasteiger partial charge in [-0.05, 0) is 12.1 Å². The average Bonchev–Trinajstić information content (AvgIpc) is 2.20. The summed E-state index contributed by atoms with van der Waals surface area (Å²) in [6.07, 6.45) is 0. The molecule has 2 rings (SSSR count). The van der Waals surface area contributed by atoms with E-state index in [1.807, 2.05) is 0 Å². The van der Waals surface area contributed by atoms with Crippen molar-refractivity contribution in [3.63, 3.8) is 0 Å². The zero-order valence-corrected chi connectivity index (χ0v) is 7.73. The average molecular weight is 206 g/mol. The zero-order chi connectivity index (χ0) is 11.2. The fraction of sp³-hybridized carbons (Fsp3) is 0. The SMILES string of the molecule is N=c1c(N)nc2c(N)ccc(N)c2n1O. The number of benzene rings is 1. The number of hydrogen-bond acceptors (Lipinski definition) is 6. The molecule has 7 nitrogen and oxygen atoms in total. The van der Waals surface area contributed by atoms with Crippen LogP contribution in [0.5, 0.6) is 0 Å². The molecule has 15 heavy (non-hydrogen) atoms. The van der Waals surface area contributed by atoms with Crippen molar-refractivity contribution in [3.05, 3.63) is 17.6 Å². The first-order valence-electron chi connectivity index (χ1n) is 4.12. The van der Waals surface area contributed by atoms with Crippen molar-refractivity contribution in [2.75, 3.05) is 17.2 Å². The van der Waals surface area contributed by atoms with E-state index in [0.717, 1.165) is 0 Å². The van der Waals surface area contributed by atoms with Gasteiger partial charge in [-0.1, -0.05) is 0 Å². The van der Waals surface area contributed by atoms with E-state index < -0.39 is 0 Å². The lowest BCUT2D eigenvalue weighted by atomic mass is 10.2. The summed E-state index contributed by atoms with van der Waals surface area (Å²) in [6.45, 7) is 0. The Kier molecular flexibility index (Phi) is 1.69. The van der Waals surface area contributed by atoms with Gasteiger partial charge in [-0.25, -0.2) is 4.98 Å². The van der Waals surface area contributed by atoms with Crippen molar-refractivity contribution < 1.29 is 5.21 Å². The van der Waals surface area contributed by atoms with Crippen LogP contribution in [-0.4, -0.2) is 14.9 Å². The van der Waals surface area contributed by atoms with Crippen LogP contribution in [0.15, 0.2) is 12.1 Å². The Morgan fingerprint density at radius 3 is 2.47 bits per heavy atom. The Labute approximate surface area is 84.2 Å². The Hall–Kier alpha value is -2.44. The minimum atomic E-state index is -0.320. The molecule has 0 aliphatic rings. The van der Waals surface area contributed by atoms with E-state index in [0.29, 0.717) is 10.4 Å². The molecular formula is C8H10N6O. The minimum Gasteiger partial charge on any atom is -0.426 e. The van der Waals surface area contributed by atoms with Gasteiger partial charge >= 0.3 is 0 Å². The quantitative estimate of drug-likeness (QED) is 0.292. The number of nitrogen functional groups attached to an aromatic ring is 3. The highest BCUT2D eigenvalue weighted by molar-refractivity contribution is 5.95. The lowest BCUT2D eigenvalue weighted by molar-refractivity contribution is 0.184. The number of rotatable bonds is 0. The van der Waals surface area contributed by atoms with E-state index in [-0.39, 0.29) is 28.0 Å². The minimum absolute atomic E-state index is 0.109. The van der Waals surface area contributed by atoms with E-state index in [1.165, 1.54) is 6.07 Å². The topological polar surface area (TPSA) is 140 Å². The van der Waals surface area contributed by atoms with E-state index in [9.17, 15) is 5.21 Å². The molecular weight excluding hydrogens is 196 g/mol. The van der Waals surface area contributed by atoms with Gasteiger partial charge in [0.1, 0.15) is 11.0 Å². The van der Waals surface area contributed by atoms with Crippen LogP contribution in [0.25, 0.3) is 11.0 Å². The zero-order valence-electron chi connectivity index (χ0n) is 7.73. The van der Waals surface area contributed by atoms with E-state index in [1.54, 1.807) is 6.07 Å². The molecule has 0 radical (unpaired) electrons. The van der Waals surface area contributed by atoms with Gasteiger partial charge in [-0.15, -0.1) is 0 Å². The molecule has 0 unspecified atom stereocenters. The standard InChI is InChI=1S/C8H10N6O/c9-3-1-2-4(10)6-5(3)13-7(11)8(12)14(6)15/h1-2,12,15H,9-10H2,(H2,11,13). The molecule has 1 heterocycles. The van der Waals surface area contributed by atoms with Crippen LogP contribution in [0, 0.1) is 5.41 Å². The normalized spacial score (nSPS) is 10.7. The van der Waals surface area contributed by atoms with Gasteiger partial charge in [0.25, 0.3) is 0 Å². The third kappa shape index (κ3) is 1.13. The summed E-state index contributed by atoms with van der Waals surface area (Å²) in [5.74, 6) is -0.109. The predicted octanol–water partition coefficient (Wildman–Crippen LogP) is -0.500. The highest BCUT2D eigenvalue weighted by atomic mass is 16.5. The maximum Gasteiger partial charge on any atom is 0.204 e. The lowest BCUT2D eigenvalue weighted by Gasteiger charge is -2.09. The smallest absolute Gasteiger partial charge is 0.204 e. The first-order chi connectivity index (χ1) is 7.02. The molecule has 1 aromatic heterocycles. The van der Waals surface area contributed by atoms with Crippen LogP contribution in [0.4, 0.5) is 17.2 Å². The molecule has 7 heteroatoms. The van der Waals surface area contributed by atoms with E-state index >= 15 is 0 Å². The number of nitrogens with one attached hydrogen (secondary N) is 1. The summed E-state index contributed by atoms with van der Waals surface area (Å²) in [7, 11) is 0. The third-order valence-corrected chi connectivity index (χ3v) is 2.11. The summed E-state index contributed by atoms with van der Waals surface area (Å²) in [6, 6.07) is 3.09. The number of anilines is 3. The summed E-state index contributed by atoms with van der Waals surface area (Å²) in [5.41, 5.74) is 17.5. The Morgan fingerprint density at radius 2 is 1.80 bits per heavy atom. The van der Waals surface area contributed by atoms with Crippen molar-refractivity contribution in [2.24, 2.45) is 0 Å². The van der Waals surface area contributed by atoms with Crippen LogP contribution in [0.2, 0.25) is 0 Å². The molecule has 1 aromatic carbocycles. The number of nitrogens with zero attached hydrogens (tertiary/aromatic N) is 2. The number of aromatic nitrogens is 2. The van der Waals surface area contributed by atoms with Crippen molar-refractivity contribution >= 4 is 28.2 Å². The van der Waals surface area contributed by atoms with Crippen LogP contribution >= 0.6 is 0 Å². The number of fused-ring (bicyclic) bond motifs is 1. The molecule has 8 N–H and O–H groups in total. The maximum atomic E-state index is 9.62. The van der Waals surface area contributed by atoms with Crippen LogP contribution < -0.4 is 22.7 Å². The monoisotopic (exact) mass is 206 g/mol. The third-order valence-electron chi connectivity index (χ3n) is 2.11. The van der Waals surface area contributed by atoms with Crippen LogP contribution in [-0.2, 0) is 0 Å². The van der Waals surface area contributed by atoms with Gasteiger partial charge in [-0.2, -0.15) is 4.73 Å². The van der Waals surface area contributed by atoms with Crippen molar-refractivity contribution in [1.82, 2.24) is 9.71 Å². The number of hydrogen-bond donors (Lipinski definition) is 5.